The average Bonchev–Trinajstić information content (AvgIpc) is 4.02. The van der Waals surface area contributed by atoms with Crippen LogP contribution in [0.2, 0.25) is 0 Å². The quantitative estimate of drug-likeness (QED) is 0.180. The number of fused-ring (bicyclic) bond motifs is 12. The van der Waals surface area contributed by atoms with E-state index in [9.17, 15) is 0 Å². The summed E-state index contributed by atoms with van der Waals surface area (Å²) in [5.74, 6) is 1.62. The Morgan fingerprint density at radius 1 is 0.310 bits per heavy atom. The van der Waals surface area contributed by atoms with Crippen molar-refractivity contribution in [3.05, 3.63) is 182 Å². The van der Waals surface area contributed by atoms with Crippen LogP contribution in [0.15, 0.2) is 186 Å². The van der Waals surface area contributed by atoms with Crippen LogP contribution in [0.4, 0.5) is 0 Å². The lowest BCUT2D eigenvalue weighted by molar-refractivity contribution is 0.669. The fraction of sp³-hybridized carbons (Fsp3) is 0. The molecule has 0 bridgehead atoms. The summed E-state index contributed by atoms with van der Waals surface area (Å²) in [6, 6.07) is 63.8. The number of hydrogen-bond donors (Lipinski definition) is 0. The number of nitrogens with zero attached hydrogens (tertiary/aromatic N) is 6. The summed E-state index contributed by atoms with van der Waals surface area (Å²) in [5, 5.41) is 8.98. The van der Waals surface area contributed by atoms with E-state index in [2.05, 4.69) is 177 Å². The molecule has 5 heterocycles. The van der Waals surface area contributed by atoms with Gasteiger partial charge in [0, 0.05) is 54.3 Å². The Balaban J connectivity index is 1.14. The Labute approximate surface area is 330 Å². The lowest BCUT2D eigenvalue weighted by atomic mass is 10.1. The van der Waals surface area contributed by atoms with Crippen molar-refractivity contribution in [3.8, 4) is 29.0 Å². The van der Waals surface area contributed by atoms with Gasteiger partial charge in [0.2, 0.25) is 11.9 Å². The topological polar surface area (TPSA) is 66.6 Å². The molecule has 0 aliphatic rings. The zero-order chi connectivity index (χ0) is 37.9. The minimum atomic E-state index is 0.531. The van der Waals surface area contributed by atoms with Crippen molar-refractivity contribution in [3.63, 3.8) is 0 Å². The summed E-state index contributed by atoms with van der Waals surface area (Å²) in [5.41, 5.74) is 9.97. The maximum absolute atomic E-state index is 6.38. The van der Waals surface area contributed by atoms with E-state index in [1.54, 1.807) is 0 Å². The Kier molecular flexibility index (Phi) is 6.32. The van der Waals surface area contributed by atoms with Crippen LogP contribution in [-0.4, -0.2) is 28.7 Å². The molecule has 5 aromatic heterocycles. The predicted octanol–water partition coefficient (Wildman–Crippen LogP) is 12.7. The minimum Gasteiger partial charge on any atom is -0.456 e. The third kappa shape index (κ3) is 4.35. The number of aromatic nitrogens is 6. The van der Waals surface area contributed by atoms with E-state index in [1.165, 1.54) is 5.39 Å². The van der Waals surface area contributed by atoms with E-state index in [-0.39, 0.29) is 0 Å². The van der Waals surface area contributed by atoms with E-state index >= 15 is 0 Å². The van der Waals surface area contributed by atoms with Crippen molar-refractivity contribution >= 4 is 87.4 Å². The molecule has 0 radical (unpaired) electrons. The maximum Gasteiger partial charge on any atom is 0.240 e. The molecule has 0 saturated carbocycles. The van der Waals surface area contributed by atoms with Crippen molar-refractivity contribution in [2.75, 3.05) is 0 Å². The molecule has 0 atom stereocenters. The standard InChI is InChI=1S/C51H30N6O/c1-2-14-32(15-3-1)55-41-21-9-6-18-35(41)39-30-46-40(29-45(39)55)36-19-7-12-24-44(36)57(46)51-53-49(31-26-27-38-37-20-8-13-25-47(37)58-48(38)28-31)52-50(54-51)56-42-22-10-4-16-33(42)34-17-5-11-23-43(34)56/h1-30H. The van der Waals surface area contributed by atoms with Gasteiger partial charge >= 0.3 is 0 Å². The third-order valence-electron chi connectivity index (χ3n) is 11.7. The smallest absolute Gasteiger partial charge is 0.240 e. The molecule has 0 aliphatic carbocycles. The minimum absolute atomic E-state index is 0.531. The third-order valence-corrected chi connectivity index (χ3v) is 11.7. The summed E-state index contributed by atoms with van der Waals surface area (Å²) < 4.78 is 13.1. The molecule has 7 nitrogen and oxygen atoms in total. The molecule has 0 saturated heterocycles. The maximum atomic E-state index is 6.38. The van der Waals surface area contributed by atoms with E-state index in [4.69, 9.17) is 19.4 Å². The zero-order valence-corrected chi connectivity index (χ0v) is 30.9. The van der Waals surface area contributed by atoms with Crippen LogP contribution >= 0.6 is 0 Å². The van der Waals surface area contributed by atoms with E-state index in [0.29, 0.717) is 17.7 Å². The Bertz CT molecular complexity index is 3760. The number of rotatable bonds is 4. The van der Waals surface area contributed by atoms with Gasteiger partial charge in [0.1, 0.15) is 11.2 Å². The molecule has 0 amide bonds. The van der Waals surface area contributed by atoms with Crippen LogP contribution in [-0.2, 0) is 0 Å². The first-order chi connectivity index (χ1) is 28.8. The number of furan rings is 1. The molecule has 58 heavy (non-hydrogen) atoms. The summed E-state index contributed by atoms with van der Waals surface area (Å²) in [4.78, 5) is 16.1. The highest BCUT2D eigenvalue weighted by atomic mass is 16.3. The van der Waals surface area contributed by atoms with Gasteiger partial charge in [0.25, 0.3) is 0 Å². The Morgan fingerprint density at radius 2 is 0.759 bits per heavy atom. The van der Waals surface area contributed by atoms with Crippen LogP contribution in [0.25, 0.3) is 116 Å². The van der Waals surface area contributed by atoms with Gasteiger partial charge in [-0.05, 0) is 66.7 Å². The zero-order valence-electron chi connectivity index (χ0n) is 30.9. The first-order valence-corrected chi connectivity index (χ1v) is 19.5. The van der Waals surface area contributed by atoms with Crippen LogP contribution in [0.1, 0.15) is 0 Å². The highest BCUT2D eigenvalue weighted by Crippen LogP contribution is 2.40. The molecule has 8 aromatic carbocycles. The second-order valence-electron chi connectivity index (χ2n) is 14.9. The molecular formula is C51H30N6O. The summed E-state index contributed by atoms with van der Waals surface area (Å²) >= 11 is 0. The van der Waals surface area contributed by atoms with Crippen LogP contribution < -0.4 is 0 Å². The monoisotopic (exact) mass is 742 g/mol. The van der Waals surface area contributed by atoms with Gasteiger partial charge in [-0.15, -0.1) is 0 Å². The first-order valence-electron chi connectivity index (χ1n) is 19.5. The van der Waals surface area contributed by atoms with Gasteiger partial charge in [0.15, 0.2) is 5.82 Å². The van der Waals surface area contributed by atoms with Crippen molar-refractivity contribution in [2.24, 2.45) is 0 Å². The van der Waals surface area contributed by atoms with Gasteiger partial charge in [-0.1, -0.05) is 115 Å². The van der Waals surface area contributed by atoms with Crippen LogP contribution in [0, 0.1) is 0 Å². The van der Waals surface area contributed by atoms with E-state index in [1.807, 2.05) is 18.2 Å². The highest BCUT2D eigenvalue weighted by Gasteiger charge is 2.23. The Hall–Kier alpha value is -8.03. The van der Waals surface area contributed by atoms with Gasteiger partial charge in [-0.2, -0.15) is 15.0 Å². The largest absolute Gasteiger partial charge is 0.456 e. The van der Waals surface area contributed by atoms with Crippen molar-refractivity contribution in [2.45, 2.75) is 0 Å². The molecule has 0 fully saturated rings. The number of hydrogen-bond acceptors (Lipinski definition) is 4. The lowest BCUT2D eigenvalue weighted by Crippen LogP contribution is -2.10. The molecule has 13 rings (SSSR count). The summed E-state index contributed by atoms with van der Waals surface area (Å²) in [6.07, 6.45) is 0. The SMILES string of the molecule is c1ccc(-n2c3ccccc3c3cc4c(cc32)c2ccccc2n4-c2nc(-c3ccc4c(c3)oc3ccccc34)nc(-n3c4ccccc4c4ccccc43)n2)cc1. The second kappa shape index (κ2) is 11.7. The average molecular weight is 743 g/mol. The van der Waals surface area contributed by atoms with Crippen molar-refractivity contribution in [1.82, 2.24) is 28.7 Å². The molecule has 0 N–H and O–H groups in total. The summed E-state index contributed by atoms with van der Waals surface area (Å²) in [6.45, 7) is 0. The second-order valence-corrected chi connectivity index (χ2v) is 14.9. The van der Waals surface area contributed by atoms with E-state index in [0.717, 1.165) is 93.2 Å². The Morgan fingerprint density at radius 3 is 1.36 bits per heavy atom. The normalized spacial score (nSPS) is 12.1. The van der Waals surface area contributed by atoms with Gasteiger partial charge in [0.05, 0.1) is 33.1 Å². The van der Waals surface area contributed by atoms with Gasteiger partial charge in [-0.25, -0.2) is 0 Å². The molecule has 0 spiro atoms. The van der Waals surface area contributed by atoms with Gasteiger partial charge in [-0.3, -0.25) is 9.13 Å². The molecule has 0 unspecified atom stereocenters. The molecule has 7 heteroatoms. The van der Waals surface area contributed by atoms with Crippen LogP contribution in [0.5, 0.6) is 0 Å². The van der Waals surface area contributed by atoms with E-state index < -0.39 is 0 Å². The fourth-order valence-electron chi connectivity index (χ4n) is 9.19. The highest BCUT2D eigenvalue weighted by molar-refractivity contribution is 6.19. The molecule has 270 valence electrons. The van der Waals surface area contributed by atoms with Crippen molar-refractivity contribution in [1.29, 1.82) is 0 Å². The molecular weight excluding hydrogens is 713 g/mol. The van der Waals surface area contributed by atoms with Crippen LogP contribution in [0.3, 0.4) is 0 Å². The summed E-state index contributed by atoms with van der Waals surface area (Å²) in [7, 11) is 0. The lowest BCUT2D eigenvalue weighted by Gasteiger charge is -2.13. The fourth-order valence-corrected chi connectivity index (χ4v) is 9.19. The molecule has 0 aliphatic heterocycles. The van der Waals surface area contributed by atoms with Gasteiger partial charge < -0.3 is 8.98 Å². The predicted molar refractivity (Wildman–Crippen MR) is 236 cm³/mol. The molecule has 13 aromatic rings. The van der Waals surface area contributed by atoms with Crippen molar-refractivity contribution < 1.29 is 4.42 Å². The first kappa shape index (κ1) is 31.2. The number of benzene rings is 8. The number of para-hydroxylation sites is 6.